The Bertz CT molecular complexity index is 818. The minimum atomic E-state index is -0.470. The average Bonchev–Trinajstić information content (AvgIpc) is 2.70. The molecule has 2 aromatic rings. The van der Waals surface area contributed by atoms with Gasteiger partial charge in [0.25, 0.3) is 5.91 Å². The molecule has 2 aromatic carbocycles. The largest absolute Gasteiger partial charge is 0.505 e. The first-order valence-electron chi connectivity index (χ1n) is 9.28. The zero-order valence-electron chi connectivity index (χ0n) is 16.7. The number of benzene rings is 2. The third-order valence-corrected chi connectivity index (χ3v) is 4.93. The second-order valence-electron chi connectivity index (χ2n) is 6.73. The highest BCUT2D eigenvalue weighted by Crippen LogP contribution is 2.42. The molecule has 0 saturated carbocycles. The van der Waals surface area contributed by atoms with Crippen molar-refractivity contribution in [3.8, 4) is 11.5 Å². The van der Waals surface area contributed by atoms with E-state index >= 15 is 0 Å². The zero-order valence-corrected chi connectivity index (χ0v) is 18.3. The van der Waals surface area contributed by atoms with Crippen LogP contribution in [0.25, 0.3) is 0 Å². The summed E-state index contributed by atoms with van der Waals surface area (Å²) in [6.45, 7) is 4.99. The fraction of sp³-hybridized carbons (Fsp3) is 0.381. The predicted molar refractivity (Wildman–Crippen MR) is 115 cm³/mol. The predicted octanol–water partition coefficient (Wildman–Crippen LogP) is 4.32. The fourth-order valence-electron chi connectivity index (χ4n) is 2.60. The molecular formula is C21H26Cl2N2O4. The highest BCUT2D eigenvalue weighted by Gasteiger charge is 2.22. The van der Waals surface area contributed by atoms with E-state index in [-0.39, 0.29) is 39.9 Å². The molecule has 0 spiro atoms. The van der Waals surface area contributed by atoms with E-state index in [4.69, 9.17) is 32.7 Å². The van der Waals surface area contributed by atoms with Crippen LogP contribution >= 0.6 is 23.2 Å². The van der Waals surface area contributed by atoms with Gasteiger partial charge in [0.1, 0.15) is 11.8 Å². The maximum atomic E-state index is 12.6. The van der Waals surface area contributed by atoms with Crippen molar-refractivity contribution in [2.75, 3.05) is 27.1 Å². The molecule has 0 aliphatic heterocycles. The van der Waals surface area contributed by atoms with Gasteiger partial charge in [0.15, 0.2) is 18.3 Å². The number of nitrogens with zero attached hydrogens (tertiary/aromatic N) is 1. The van der Waals surface area contributed by atoms with Crippen LogP contribution in [0.4, 0.5) is 0 Å². The SMILES string of the molecule is CCN(C)COCOc1c(Cl)cc(C(=O)N[C@H](C)Cc2ccccc2)c(O)c1Cl. The van der Waals surface area contributed by atoms with Crippen molar-refractivity contribution in [3.05, 3.63) is 57.6 Å². The molecule has 2 rings (SSSR count). The van der Waals surface area contributed by atoms with Crippen LogP contribution in [-0.2, 0) is 11.2 Å². The van der Waals surface area contributed by atoms with Crippen molar-refractivity contribution in [2.24, 2.45) is 0 Å². The molecule has 0 unspecified atom stereocenters. The van der Waals surface area contributed by atoms with E-state index < -0.39 is 5.91 Å². The van der Waals surface area contributed by atoms with Gasteiger partial charge in [-0.2, -0.15) is 0 Å². The number of carbonyl (C=O) groups is 1. The number of hydrogen-bond donors (Lipinski definition) is 2. The lowest BCUT2D eigenvalue weighted by atomic mass is 10.1. The Labute approximate surface area is 181 Å². The highest BCUT2D eigenvalue weighted by molar-refractivity contribution is 6.39. The maximum Gasteiger partial charge on any atom is 0.255 e. The highest BCUT2D eigenvalue weighted by atomic mass is 35.5. The Morgan fingerprint density at radius 1 is 1.28 bits per heavy atom. The van der Waals surface area contributed by atoms with Gasteiger partial charge in [0.2, 0.25) is 0 Å². The zero-order chi connectivity index (χ0) is 21.4. The van der Waals surface area contributed by atoms with E-state index in [1.54, 1.807) is 0 Å². The van der Waals surface area contributed by atoms with Crippen molar-refractivity contribution in [3.63, 3.8) is 0 Å². The molecule has 158 valence electrons. The normalized spacial score (nSPS) is 12.1. The third-order valence-electron chi connectivity index (χ3n) is 4.30. The Morgan fingerprint density at radius 2 is 1.97 bits per heavy atom. The molecule has 0 fully saturated rings. The number of hydrogen-bond acceptors (Lipinski definition) is 5. The Hall–Kier alpha value is -1.99. The van der Waals surface area contributed by atoms with Gasteiger partial charge in [-0.1, -0.05) is 60.5 Å². The maximum absolute atomic E-state index is 12.6. The molecule has 0 aliphatic rings. The third kappa shape index (κ3) is 6.78. The Balaban J connectivity index is 2.02. The van der Waals surface area contributed by atoms with Gasteiger partial charge in [-0.15, -0.1) is 0 Å². The van der Waals surface area contributed by atoms with Crippen LogP contribution in [-0.4, -0.2) is 49.1 Å². The Kier molecular flexibility index (Phi) is 9.04. The number of aromatic hydroxyl groups is 1. The summed E-state index contributed by atoms with van der Waals surface area (Å²) < 4.78 is 10.8. The lowest BCUT2D eigenvalue weighted by molar-refractivity contribution is -0.0329. The molecule has 0 radical (unpaired) electrons. The van der Waals surface area contributed by atoms with Crippen molar-refractivity contribution < 1.29 is 19.4 Å². The monoisotopic (exact) mass is 440 g/mol. The van der Waals surface area contributed by atoms with E-state index in [0.717, 1.165) is 12.1 Å². The van der Waals surface area contributed by atoms with E-state index in [1.165, 1.54) is 6.07 Å². The average molecular weight is 441 g/mol. The number of rotatable bonds is 10. The van der Waals surface area contributed by atoms with Crippen molar-refractivity contribution in [1.29, 1.82) is 0 Å². The van der Waals surface area contributed by atoms with E-state index in [0.29, 0.717) is 13.2 Å². The van der Waals surface area contributed by atoms with Gasteiger partial charge in [-0.3, -0.25) is 9.69 Å². The molecule has 8 heteroatoms. The standard InChI is InChI=1S/C21H26Cl2N2O4/c1-4-25(3)12-28-13-29-20-17(22)11-16(19(26)18(20)23)21(27)24-14(2)10-15-8-6-5-7-9-15/h5-9,11,14,26H,4,10,12-13H2,1-3H3,(H,24,27)/t14-/m1/s1. The summed E-state index contributed by atoms with van der Waals surface area (Å²) >= 11 is 12.4. The first-order chi connectivity index (χ1) is 13.8. The number of phenols is 1. The van der Waals surface area contributed by atoms with E-state index in [9.17, 15) is 9.90 Å². The molecule has 2 N–H and O–H groups in total. The molecular weight excluding hydrogens is 415 g/mol. The van der Waals surface area contributed by atoms with Crippen LogP contribution in [0.1, 0.15) is 29.8 Å². The van der Waals surface area contributed by atoms with Gasteiger partial charge in [-0.25, -0.2) is 0 Å². The molecule has 29 heavy (non-hydrogen) atoms. The number of halogens is 2. The lowest BCUT2D eigenvalue weighted by Crippen LogP contribution is -2.34. The van der Waals surface area contributed by atoms with Gasteiger partial charge in [0, 0.05) is 6.04 Å². The van der Waals surface area contributed by atoms with Gasteiger partial charge in [0.05, 0.1) is 10.6 Å². The van der Waals surface area contributed by atoms with Crippen LogP contribution in [0.3, 0.4) is 0 Å². The van der Waals surface area contributed by atoms with Crippen molar-refractivity contribution in [2.45, 2.75) is 26.3 Å². The van der Waals surface area contributed by atoms with Crippen molar-refractivity contribution in [1.82, 2.24) is 10.2 Å². The summed E-state index contributed by atoms with van der Waals surface area (Å²) in [7, 11) is 1.90. The Morgan fingerprint density at radius 3 is 2.62 bits per heavy atom. The summed E-state index contributed by atoms with van der Waals surface area (Å²) in [4.78, 5) is 14.5. The first kappa shape index (κ1) is 23.3. The van der Waals surface area contributed by atoms with E-state index in [2.05, 4.69) is 5.32 Å². The van der Waals surface area contributed by atoms with Crippen LogP contribution < -0.4 is 10.1 Å². The van der Waals surface area contributed by atoms with Crippen LogP contribution in [0.5, 0.6) is 11.5 Å². The molecule has 1 atom stereocenters. The molecule has 0 heterocycles. The number of amides is 1. The second kappa shape index (κ2) is 11.3. The molecule has 6 nitrogen and oxygen atoms in total. The summed E-state index contributed by atoms with van der Waals surface area (Å²) in [6, 6.07) is 11.0. The van der Waals surface area contributed by atoms with Crippen LogP contribution in [0, 0.1) is 0 Å². The minimum absolute atomic E-state index is 0.0149. The number of nitrogens with one attached hydrogen (secondary N) is 1. The molecule has 0 aliphatic carbocycles. The lowest BCUT2D eigenvalue weighted by Gasteiger charge is -2.18. The number of phenolic OH excluding ortho intramolecular Hbond substituents is 1. The fourth-order valence-corrected chi connectivity index (χ4v) is 3.17. The van der Waals surface area contributed by atoms with Crippen LogP contribution in [0.2, 0.25) is 10.0 Å². The topological polar surface area (TPSA) is 71.0 Å². The summed E-state index contributed by atoms with van der Waals surface area (Å²) in [5, 5.41) is 13.2. The molecule has 0 saturated heterocycles. The smallest absolute Gasteiger partial charge is 0.255 e. The molecule has 0 bridgehead atoms. The molecule has 0 aromatic heterocycles. The number of carbonyl (C=O) groups excluding carboxylic acids is 1. The van der Waals surface area contributed by atoms with Crippen molar-refractivity contribution >= 4 is 29.1 Å². The van der Waals surface area contributed by atoms with Gasteiger partial charge in [-0.05, 0) is 38.6 Å². The molecule has 1 amide bonds. The van der Waals surface area contributed by atoms with E-state index in [1.807, 2.05) is 56.1 Å². The minimum Gasteiger partial charge on any atom is -0.505 e. The van der Waals surface area contributed by atoms with Gasteiger partial charge < -0.3 is 19.9 Å². The van der Waals surface area contributed by atoms with Gasteiger partial charge >= 0.3 is 0 Å². The van der Waals surface area contributed by atoms with Crippen LogP contribution in [0.15, 0.2) is 36.4 Å². The summed E-state index contributed by atoms with van der Waals surface area (Å²) in [5.74, 6) is -0.790. The quantitative estimate of drug-likeness (QED) is 0.425. The summed E-state index contributed by atoms with van der Waals surface area (Å²) in [6.07, 6.45) is 0.652. The first-order valence-corrected chi connectivity index (χ1v) is 10.0. The number of ether oxygens (including phenoxy) is 2. The second-order valence-corrected chi connectivity index (χ2v) is 7.51. The summed E-state index contributed by atoms with van der Waals surface area (Å²) in [5.41, 5.74) is 1.08.